The van der Waals surface area contributed by atoms with Crippen LogP contribution in [0.25, 0.3) is 0 Å². The molecule has 0 atom stereocenters. The number of hydrogen-bond acceptors (Lipinski definition) is 2. The lowest BCUT2D eigenvalue weighted by atomic mass is 10.1. The second kappa shape index (κ2) is 9.82. The fraction of sp³-hybridized carbons (Fsp3) is 0.300. The minimum atomic E-state index is -0.0740. The van der Waals surface area contributed by atoms with Gasteiger partial charge in [0.25, 0.3) is 5.91 Å². The Morgan fingerprint density at radius 1 is 1.19 bits per heavy atom. The number of halogens is 1. The normalized spacial score (nSPS) is 11.2. The van der Waals surface area contributed by atoms with Crippen LogP contribution in [0.2, 0.25) is 5.02 Å². The highest BCUT2D eigenvalue weighted by molar-refractivity contribution is 6.31. The average molecular weight is 373 g/mol. The Labute approximate surface area is 160 Å². The number of nitrogens with one attached hydrogen (secondary N) is 2. The van der Waals surface area contributed by atoms with Gasteiger partial charge >= 0.3 is 0 Å². The second-order valence-corrected chi connectivity index (χ2v) is 6.36. The molecular weight excluding hydrogens is 348 g/mol. The summed E-state index contributed by atoms with van der Waals surface area (Å²) in [6, 6.07) is 15.4. The standard InChI is InChI=1S/C20H25ClN4O/c1-22-19(26)16-9-6-7-15(13-16)11-12-24-20(23-2)25(3)14-17-8-4-5-10-18(17)21/h4-10,13H,11-12,14H2,1-3H3,(H,22,26)(H,23,24). The van der Waals surface area contributed by atoms with Gasteiger partial charge in [0.15, 0.2) is 5.96 Å². The first-order valence-electron chi connectivity index (χ1n) is 8.51. The Bertz CT molecular complexity index is 776. The maximum atomic E-state index is 11.7. The predicted molar refractivity (Wildman–Crippen MR) is 108 cm³/mol. The molecule has 2 rings (SSSR count). The summed E-state index contributed by atoms with van der Waals surface area (Å²) >= 11 is 6.23. The Morgan fingerprint density at radius 2 is 1.96 bits per heavy atom. The molecule has 0 aliphatic heterocycles. The van der Waals surface area contributed by atoms with Crippen LogP contribution in [0.1, 0.15) is 21.5 Å². The number of nitrogens with zero attached hydrogens (tertiary/aromatic N) is 2. The van der Waals surface area contributed by atoms with Gasteiger partial charge in [0.05, 0.1) is 0 Å². The highest BCUT2D eigenvalue weighted by atomic mass is 35.5. The summed E-state index contributed by atoms with van der Waals surface area (Å²) in [6.07, 6.45) is 0.795. The monoisotopic (exact) mass is 372 g/mol. The first-order valence-corrected chi connectivity index (χ1v) is 8.89. The van der Waals surface area contributed by atoms with Crippen LogP contribution in [0, 0.1) is 0 Å². The molecule has 0 fully saturated rings. The van der Waals surface area contributed by atoms with Crippen molar-refractivity contribution < 1.29 is 4.79 Å². The second-order valence-electron chi connectivity index (χ2n) is 5.95. The van der Waals surface area contributed by atoms with Crippen molar-refractivity contribution in [3.63, 3.8) is 0 Å². The van der Waals surface area contributed by atoms with Gasteiger partial charge in [0.1, 0.15) is 0 Å². The SMILES string of the molecule is CN=C(NCCc1cccc(C(=O)NC)c1)N(C)Cc1ccccc1Cl. The van der Waals surface area contributed by atoms with Gasteiger partial charge in [0.2, 0.25) is 0 Å². The van der Waals surface area contributed by atoms with Crippen molar-refractivity contribution in [3.8, 4) is 0 Å². The molecule has 2 aromatic carbocycles. The van der Waals surface area contributed by atoms with Crippen molar-refractivity contribution >= 4 is 23.5 Å². The average Bonchev–Trinajstić information content (AvgIpc) is 2.66. The molecule has 0 aliphatic carbocycles. The lowest BCUT2D eigenvalue weighted by Gasteiger charge is -2.22. The van der Waals surface area contributed by atoms with E-state index in [0.29, 0.717) is 12.1 Å². The Hall–Kier alpha value is -2.53. The molecule has 6 heteroatoms. The van der Waals surface area contributed by atoms with Gasteiger partial charge < -0.3 is 15.5 Å². The quantitative estimate of drug-likeness (QED) is 0.605. The van der Waals surface area contributed by atoms with Crippen LogP contribution in [-0.2, 0) is 13.0 Å². The smallest absolute Gasteiger partial charge is 0.251 e. The molecule has 0 aromatic heterocycles. The van der Waals surface area contributed by atoms with Gasteiger partial charge in [-0.25, -0.2) is 0 Å². The summed E-state index contributed by atoms with van der Waals surface area (Å²) in [4.78, 5) is 18.1. The third kappa shape index (κ3) is 5.49. The van der Waals surface area contributed by atoms with Crippen LogP contribution in [-0.4, -0.2) is 44.5 Å². The van der Waals surface area contributed by atoms with E-state index in [1.54, 1.807) is 14.1 Å². The molecule has 0 bridgehead atoms. The number of hydrogen-bond donors (Lipinski definition) is 2. The zero-order chi connectivity index (χ0) is 18.9. The maximum absolute atomic E-state index is 11.7. The van der Waals surface area contributed by atoms with Crippen molar-refractivity contribution in [2.45, 2.75) is 13.0 Å². The maximum Gasteiger partial charge on any atom is 0.251 e. The van der Waals surface area contributed by atoms with E-state index in [0.717, 1.165) is 35.1 Å². The number of guanidine groups is 1. The molecule has 0 unspecified atom stereocenters. The van der Waals surface area contributed by atoms with Crippen molar-refractivity contribution in [2.24, 2.45) is 4.99 Å². The summed E-state index contributed by atoms with van der Waals surface area (Å²) < 4.78 is 0. The molecule has 138 valence electrons. The van der Waals surface area contributed by atoms with Gasteiger partial charge in [-0.05, 0) is 35.7 Å². The van der Waals surface area contributed by atoms with Gasteiger partial charge in [-0.2, -0.15) is 0 Å². The summed E-state index contributed by atoms with van der Waals surface area (Å²) in [6.45, 7) is 1.39. The molecule has 0 heterocycles. The molecule has 5 nitrogen and oxygen atoms in total. The van der Waals surface area contributed by atoms with Gasteiger partial charge in [0, 0.05) is 44.8 Å². The molecule has 26 heavy (non-hydrogen) atoms. The van der Waals surface area contributed by atoms with E-state index in [9.17, 15) is 4.79 Å². The van der Waals surface area contributed by atoms with Crippen LogP contribution >= 0.6 is 11.6 Å². The Kier molecular flexibility index (Phi) is 7.48. The lowest BCUT2D eigenvalue weighted by molar-refractivity contribution is 0.0963. The van der Waals surface area contributed by atoms with E-state index >= 15 is 0 Å². The van der Waals surface area contributed by atoms with Crippen molar-refractivity contribution in [2.75, 3.05) is 27.7 Å². The highest BCUT2D eigenvalue weighted by Gasteiger charge is 2.09. The predicted octanol–water partition coefficient (Wildman–Crippen LogP) is 2.95. The number of aliphatic imine (C=N–C) groups is 1. The zero-order valence-corrected chi connectivity index (χ0v) is 16.2. The van der Waals surface area contributed by atoms with Crippen LogP contribution < -0.4 is 10.6 Å². The molecule has 0 saturated heterocycles. The Balaban J connectivity index is 1.91. The van der Waals surface area contributed by atoms with E-state index in [4.69, 9.17) is 11.6 Å². The van der Waals surface area contributed by atoms with Crippen LogP contribution in [0.15, 0.2) is 53.5 Å². The molecule has 0 saturated carbocycles. The van der Waals surface area contributed by atoms with Crippen molar-refractivity contribution in [3.05, 3.63) is 70.2 Å². The number of carbonyl (C=O) groups excluding carboxylic acids is 1. The summed E-state index contributed by atoms with van der Waals surface area (Å²) in [7, 11) is 5.37. The third-order valence-corrected chi connectivity index (χ3v) is 4.42. The Morgan fingerprint density at radius 3 is 2.65 bits per heavy atom. The highest BCUT2D eigenvalue weighted by Crippen LogP contribution is 2.16. The summed E-state index contributed by atoms with van der Waals surface area (Å²) in [5, 5.41) is 6.75. The van der Waals surface area contributed by atoms with Gasteiger partial charge in [-0.3, -0.25) is 9.79 Å². The van der Waals surface area contributed by atoms with Crippen LogP contribution in [0.4, 0.5) is 0 Å². The summed E-state index contributed by atoms with van der Waals surface area (Å²) in [5.41, 5.74) is 2.82. The molecule has 2 N–H and O–H groups in total. The van der Waals surface area contributed by atoms with Crippen molar-refractivity contribution in [1.29, 1.82) is 0 Å². The molecule has 0 aliphatic rings. The zero-order valence-electron chi connectivity index (χ0n) is 15.4. The van der Waals surface area contributed by atoms with Gasteiger partial charge in [-0.1, -0.05) is 41.9 Å². The summed E-state index contributed by atoms with van der Waals surface area (Å²) in [5.74, 6) is 0.725. The molecule has 0 radical (unpaired) electrons. The van der Waals surface area contributed by atoms with E-state index < -0.39 is 0 Å². The van der Waals surface area contributed by atoms with E-state index in [1.807, 2.05) is 60.5 Å². The van der Waals surface area contributed by atoms with Gasteiger partial charge in [-0.15, -0.1) is 0 Å². The lowest BCUT2D eigenvalue weighted by Crippen LogP contribution is -2.39. The number of rotatable bonds is 6. The minimum Gasteiger partial charge on any atom is -0.356 e. The number of carbonyl (C=O) groups is 1. The first-order chi connectivity index (χ1) is 12.5. The molecule has 1 amide bonds. The van der Waals surface area contributed by atoms with E-state index in [1.165, 1.54) is 0 Å². The van der Waals surface area contributed by atoms with Crippen LogP contribution in [0.3, 0.4) is 0 Å². The fourth-order valence-corrected chi connectivity index (χ4v) is 2.87. The van der Waals surface area contributed by atoms with Crippen molar-refractivity contribution in [1.82, 2.24) is 15.5 Å². The minimum absolute atomic E-state index is 0.0740. The molecule has 2 aromatic rings. The first kappa shape index (κ1) is 19.8. The van der Waals surface area contributed by atoms with E-state index in [2.05, 4.69) is 15.6 Å². The number of benzene rings is 2. The molecular formula is C20H25ClN4O. The largest absolute Gasteiger partial charge is 0.356 e. The van der Waals surface area contributed by atoms with E-state index in [-0.39, 0.29) is 5.91 Å². The topological polar surface area (TPSA) is 56.7 Å². The third-order valence-electron chi connectivity index (χ3n) is 4.05. The number of amides is 1. The molecule has 0 spiro atoms. The fourth-order valence-electron chi connectivity index (χ4n) is 2.67. The van der Waals surface area contributed by atoms with Crippen LogP contribution in [0.5, 0.6) is 0 Å².